The lowest BCUT2D eigenvalue weighted by molar-refractivity contribution is -0.159. The van der Waals surface area contributed by atoms with Crippen molar-refractivity contribution in [3.8, 4) is 0 Å². The van der Waals surface area contributed by atoms with Gasteiger partial charge in [0.25, 0.3) is 11.8 Å². The molecule has 1 aromatic carbocycles. The number of ketones is 1. The lowest BCUT2D eigenvalue weighted by atomic mass is 10.1. The van der Waals surface area contributed by atoms with E-state index in [0.29, 0.717) is 0 Å². The van der Waals surface area contributed by atoms with E-state index in [0.717, 1.165) is 17.4 Å². The number of benzene rings is 1. The maximum Gasteiger partial charge on any atom is 0.408 e. The zero-order chi connectivity index (χ0) is 15.4. The predicted octanol–water partition coefficient (Wildman–Crippen LogP) is 0.239. The summed E-state index contributed by atoms with van der Waals surface area (Å²) in [6, 6.07) is 8.26. The second-order valence-electron chi connectivity index (χ2n) is 4.57. The fourth-order valence-corrected chi connectivity index (χ4v) is 1.81. The van der Waals surface area contributed by atoms with Crippen LogP contribution < -0.4 is 5.32 Å². The molecular formula is C14H14N2O5. The summed E-state index contributed by atoms with van der Waals surface area (Å²) in [4.78, 5) is 46.1. The van der Waals surface area contributed by atoms with E-state index in [2.05, 4.69) is 5.32 Å². The number of carbonyl (C=O) groups is 4. The number of nitrogens with zero attached hydrogens (tertiary/aromatic N) is 1. The highest BCUT2D eigenvalue weighted by molar-refractivity contribution is 6.38. The molecule has 1 saturated heterocycles. The van der Waals surface area contributed by atoms with Crippen LogP contribution in [0.4, 0.5) is 4.79 Å². The summed E-state index contributed by atoms with van der Waals surface area (Å²) < 4.78 is 4.95. The molecule has 0 aliphatic carbocycles. The highest BCUT2D eigenvalue weighted by atomic mass is 16.5. The Bertz CT molecular complexity index is 584. The van der Waals surface area contributed by atoms with Crippen LogP contribution in [0.1, 0.15) is 12.5 Å². The Morgan fingerprint density at radius 1 is 1.29 bits per heavy atom. The Morgan fingerprint density at radius 2 is 1.95 bits per heavy atom. The average Bonchev–Trinajstić information content (AvgIpc) is 2.49. The number of imide groups is 1. The molecule has 1 fully saturated rings. The zero-order valence-corrected chi connectivity index (χ0v) is 11.4. The molecule has 1 heterocycles. The second-order valence-corrected chi connectivity index (χ2v) is 4.57. The number of likely N-dealkylation sites (tertiary alicyclic amines) is 1. The third kappa shape index (κ3) is 3.44. The van der Waals surface area contributed by atoms with Gasteiger partial charge in [-0.3, -0.25) is 19.3 Å². The van der Waals surface area contributed by atoms with E-state index in [1.54, 1.807) is 12.1 Å². The van der Waals surface area contributed by atoms with Crippen molar-refractivity contribution in [2.45, 2.75) is 19.6 Å². The maximum absolute atomic E-state index is 11.6. The monoisotopic (exact) mass is 290 g/mol. The van der Waals surface area contributed by atoms with Crippen molar-refractivity contribution in [1.29, 1.82) is 0 Å². The number of ether oxygens (including phenoxy) is 1. The molecule has 1 atom stereocenters. The molecule has 2 rings (SSSR count). The Balaban J connectivity index is 1.76. The van der Waals surface area contributed by atoms with Gasteiger partial charge in [0.05, 0.1) is 6.54 Å². The summed E-state index contributed by atoms with van der Waals surface area (Å²) in [5.74, 6) is -2.18. The van der Waals surface area contributed by atoms with Gasteiger partial charge in [-0.1, -0.05) is 30.3 Å². The average molecular weight is 290 g/mol. The van der Waals surface area contributed by atoms with E-state index in [-0.39, 0.29) is 13.2 Å². The molecule has 1 N–H and O–H groups in total. The minimum absolute atomic E-state index is 0.0162. The lowest BCUT2D eigenvalue weighted by Crippen LogP contribution is -2.66. The number of hydrogen-bond acceptors (Lipinski definition) is 5. The fraction of sp³-hybridized carbons (Fsp3) is 0.286. The van der Waals surface area contributed by atoms with Gasteiger partial charge in [-0.25, -0.2) is 4.79 Å². The maximum atomic E-state index is 11.6. The Hall–Kier alpha value is -2.70. The van der Waals surface area contributed by atoms with Crippen molar-refractivity contribution in [2.24, 2.45) is 0 Å². The van der Waals surface area contributed by atoms with E-state index in [1.807, 2.05) is 18.2 Å². The molecule has 1 unspecified atom stereocenters. The molecule has 0 spiro atoms. The topological polar surface area (TPSA) is 92.8 Å². The molecule has 1 aliphatic heterocycles. The first-order valence-electron chi connectivity index (χ1n) is 6.32. The summed E-state index contributed by atoms with van der Waals surface area (Å²) in [6.07, 6.45) is -0.743. The Morgan fingerprint density at radius 3 is 2.52 bits per heavy atom. The van der Waals surface area contributed by atoms with Crippen molar-refractivity contribution >= 4 is 23.7 Å². The van der Waals surface area contributed by atoms with Gasteiger partial charge in [0.1, 0.15) is 12.6 Å². The highest BCUT2D eigenvalue weighted by Gasteiger charge is 2.43. The van der Waals surface area contributed by atoms with E-state index in [1.165, 1.54) is 0 Å². The third-order valence-corrected chi connectivity index (χ3v) is 2.98. The summed E-state index contributed by atoms with van der Waals surface area (Å²) in [7, 11) is 0. The number of carbonyl (C=O) groups excluding carboxylic acids is 4. The van der Waals surface area contributed by atoms with Crippen LogP contribution in [0.5, 0.6) is 0 Å². The molecule has 7 nitrogen and oxygen atoms in total. The standard InChI is InChI=1S/C14H14N2O5/c1-9(17)12(18)16-7-11(13(16)19)15-14(20)21-8-10-5-3-2-4-6-10/h2-6,11H,7-8H2,1H3,(H,15,20). The van der Waals surface area contributed by atoms with E-state index >= 15 is 0 Å². The van der Waals surface area contributed by atoms with E-state index in [9.17, 15) is 19.2 Å². The Kier molecular flexibility index (Phi) is 4.32. The summed E-state index contributed by atoms with van der Waals surface area (Å²) >= 11 is 0. The van der Waals surface area contributed by atoms with E-state index in [4.69, 9.17) is 4.74 Å². The summed E-state index contributed by atoms with van der Waals surface area (Å²) in [5.41, 5.74) is 0.820. The molecular weight excluding hydrogens is 276 g/mol. The molecule has 21 heavy (non-hydrogen) atoms. The smallest absolute Gasteiger partial charge is 0.408 e. The van der Waals surface area contributed by atoms with Gasteiger partial charge in [-0.2, -0.15) is 0 Å². The van der Waals surface area contributed by atoms with Crippen LogP contribution in [0.3, 0.4) is 0 Å². The molecule has 1 aromatic rings. The number of alkyl carbamates (subject to hydrolysis) is 1. The van der Waals surface area contributed by atoms with Crippen LogP contribution in [-0.2, 0) is 25.7 Å². The normalized spacial score (nSPS) is 16.9. The van der Waals surface area contributed by atoms with Crippen LogP contribution in [-0.4, -0.2) is 41.2 Å². The Labute approximate surface area is 120 Å². The van der Waals surface area contributed by atoms with Gasteiger partial charge in [0.15, 0.2) is 0 Å². The van der Waals surface area contributed by atoms with E-state index < -0.39 is 29.7 Å². The minimum atomic E-state index is -0.865. The van der Waals surface area contributed by atoms with Crippen LogP contribution in [0, 0.1) is 0 Å². The fourth-order valence-electron chi connectivity index (χ4n) is 1.81. The first-order chi connectivity index (χ1) is 9.99. The number of amides is 3. The van der Waals surface area contributed by atoms with Crippen LogP contribution in [0.25, 0.3) is 0 Å². The van der Waals surface area contributed by atoms with Gasteiger partial charge in [0, 0.05) is 6.92 Å². The van der Waals surface area contributed by atoms with Gasteiger partial charge < -0.3 is 10.1 Å². The van der Waals surface area contributed by atoms with Crippen LogP contribution in [0.15, 0.2) is 30.3 Å². The van der Waals surface area contributed by atoms with Crippen LogP contribution >= 0.6 is 0 Å². The first-order valence-corrected chi connectivity index (χ1v) is 6.32. The molecule has 7 heteroatoms. The molecule has 1 aliphatic rings. The first kappa shape index (κ1) is 14.7. The number of Topliss-reactive ketones (excluding diaryl/α,β-unsaturated/α-hetero) is 1. The van der Waals surface area contributed by atoms with Crippen molar-refractivity contribution in [3.05, 3.63) is 35.9 Å². The third-order valence-electron chi connectivity index (χ3n) is 2.98. The molecule has 0 radical (unpaired) electrons. The molecule has 0 aromatic heterocycles. The molecule has 0 bridgehead atoms. The van der Waals surface area contributed by atoms with Crippen LogP contribution in [0.2, 0.25) is 0 Å². The SMILES string of the molecule is CC(=O)C(=O)N1CC(NC(=O)OCc2ccccc2)C1=O. The zero-order valence-electron chi connectivity index (χ0n) is 11.4. The van der Waals surface area contributed by atoms with Gasteiger partial charge in [-0.05, 0) is 5.56 Å². The molecule has 110 valence electrons. The number of rotatable bonds is 4. The minimum Gasteiger partial charge on any atom is -0.445 e. The quantitative estimate of drug-likeness (QED) is 0.633. The number of hydrogen-bond donors (Lipinski definition) is 1. The van der Waals surface area contributed by atoms with Gasteiger partial charge in [-0.15, -0.1) is 0 Å². The number of β-lactam (4-membered cyclic amide) rings is 1. The van der Waals surface area contributed by atoms with Crippen molar-refractivity contribution in [1.82, 2.24) is 10.2 Å². The molecule has 0 saturated carbocycles. The summed E-state index contributed by atoms with van der Waals surface area (Å²) in [5, 5.41) is 2.34. The lowest BCUT2D eigenvalue weighted by Gasteiger charge is -2.35. The predicted molar refractivity (Wildman–Crippen MR) is 71.0 cm³/mol. The summed E-state index contributed by atoms with van der Waals surface area (Å²) in [6.45, 7) is 1.16. The van der Waals surface area contributed by atoms with Gasteiger partial charge >= 0.3 is 6.09 Å². The second kappa shape index (κ2) is 6.17. The van der Waals surface area contributed by atoms with Gasteiger partial charge in [0.2, 0.25) is 5.78 Å². The largest absolute Gasteiger partial charge is 0.445 e. The van der Waals surface area contributed by atoms with Crippen molar-refractivity contribution < 1.29 is 23.9 Å². The highest BCUT2D eigenvalue weighted by Crippen LogP contribution is 2.11. The van der Waals surface area contributed by atoms with Crippen molar-refractivity contribution in [3.63, 3.8) is 0 Å². The molecule has 3 amide bonds. The number of nitrogens with one attached hydrogen (secondary N) is 1. The van der Waals surface area contributed by atoms with Crippen molar-refractivity contribution in [2.75, 3.05) is 6.54 Å².